The fourth-order valence-electron chi connectivity index (χ4n) is 1.59. The number of carbonyl (C=O) groups excluding carboxylic acids is 1. The Morgan fingerprint density at radius 3 is 3.06 bits per heavy atom. The molecule has 0 atom stereocenters. The maximum atomic E-state index is 12.0. The molecule has 0 radical (unpaired) electrons. The zero-order valence-corrected chi connectivity index (χ0v) is 10.1. The number of amides is 1. The third kappa shape index (κ3) is 2.88. The summed E-state index contributed by atoms with van der Waals surface area (Å²) in [6.45, 7) is 3.16. The zero-order valence-electron chi connectivity index (χ0n) is 10.1. The van der Waals surface area contributed by atoms with Gasteiger partial charge < -0.3 is 15.1 Å². The van der Waals surface area contributed by atoms with Crippen molar-refractivity contribution in [1.82, 2.24) is 10.3 Å². The highest BCUT2D eigenvalue weighted by molar-refractivity contribution is 5.99. The first kappa shape index (κ1) is 12.2. The smallest absolute Gasteiger partial charge is 0.253 e. The summed E-state index contributed by atoms with van der Waals surface area (Å²) in [5, 5.41) is 5.94. The number of aromatic nitrogens is 1. The van der Waals surface area contributed by atoms with Gasteiger partial charge in [-0.25, -0.2) is 0 Å². The number of hydrogen-bond acceptors (Lipinski definition) is 4. The summed E-state index contributed by atoms with van der Waals surface area (Å²) in [4.78, 5) is 16.0. The van der Waals surface area contributed by atoms with Crippen LogP contribution in [0.15, 0.2) is 41.5 Å². The van der Waals surface area contributed by atoms with Crippen LogP contribution < -0.4 is 10.6 Å². The number of anilines is 1. The van der Waals surface area contributed by atoms with Gasteiger partial charge in [0, 0.05) is 24.8 Å². The highest BCUT2D eigenvalue weighted by Gasteiger charge is 2.10. The lowest BCUT2D eigenvalue weighted by Gasteiger charge is -2.09. The molecule has 2 rings (SSSR count). The van der Waals surface area contributed by atoms with Gasteiger partial charge in [-0.15, -0.1) is 0 Å². The van der Waals surface area contributed by atoms with Gasteiger partial charge in [-0.1, -0.05) is 0 Å². The number of pyridine rings is 1. The van der Waals surface area contributed by atoms with Gasteiger partial charge >= 0.3 is 0 Å². The van der Waals surface area contributed by atoms with Gasteiger partial charge in [-0.2, -0.15) is 0 Å². The summed E-state index contributed by atoms with van der Waals surface area (Å²) in [5.41, 5.74) is 2.27. The van der Waals surface area contributed by atoms with Crippen LogP contribution >= 0.6 is 0 Å². The predicted octanol–water partition coefficient (Wildman–Crippen LogP) is 2.04. The SMILES string of the molecule is CCNc1cnccc1C(=O)NCc1ccoc1. The number of rotatable bonds is 5. The van der Waals surface area contributed by atoms with Gasteiger partial charge in [0.25, 0.3) is 5.91 Å². The van der Waals surface area contributed by atoms with E-state index < -0.39 is 0 Å². The van der Waals surface area contributed by atoms with Crippen LogP contribution in [-0.2, 0) is 6.54 Å². The second kappa shape index (κ2) is 5.86. The van der Waals surface area contributed by atoms with Gasteiger partial charge in [0.1, 0.15) is 0 Å². The van der Waals surface area contributed by atoms with Gasteiger partial charge in [0.05, 0.1) is 30.0 Å². The van der Waals surface area contributed by atoms with Crippen LogP contribution in [0.4, 0.5) is 5.69 Å². The summed E-state index contributed by atoms with van der Waals surface area (Å²) in [7, 11) is 0. The number of nitrogens with zero attached hydrogens (tertiary/aromatic N) is 1. The standard InChI is InChI=1S/C13H15N3O2/c1-2-15-12-8-14-5-3-11(12)13(17)16-7-10-4-6-18-9-10/h3-6,8-9,15H,2,7H2,1H3,(H,16,17). The molecule has 18 heavy (non-hydrogen) atoms. The van der Waals surface area contributed by atoms with E-state index in [0.29, 0.717) is 12.1 Å². The molecule has 2 N–H and O–H groups in total. The Morgan fingerprint density at radius 2 is 2.33 bits per heavy atom. The maximum Gasteiger partial charge on any atom is 0.253 e. The highest BCUT2D eigenvalue weighted by Crippen LogP contribution is 2.13. The lowest BCUT2D eigenvalue weighted by molar-refractivity contribution is 0.0951. The minimum Gasteiger partial charge on any atom is -0.472 e. The molecule has 0 unspecified atom stereocenters. The topological polar surface area (TPSA) is 67.2 Å². The quantitative estimate of drug-likeness (QED) is 0.845. The number of hydrogen-bond donors (Lipinski definition) is 2. The van der Waals surface area contributed by atoms with E-state index in [9.17, 15) is 4.79 Å². The van der Waals surface area contributed by atoms with Crippen molar-refractivity contribution in [1.29, 1.82) is 0 Å². The van der Waals surface area contributed by atoms with E-state index in [1.54, 1.807) is 31.0 Å². The van der Waals surface area contributed by atoms with Crippen molar-refractivity contribution in [2.45, 2.75) is 13.5 Å². The normalized spacial score (nSPS) is 10.1. The van der Waals surface area contributed by atoms with Crippen molar-refractivity contribution in [2.24, 2.45) is 0 Å². The van der Waals surface area contributed by atoms with Crippen LogP contribution in [0.2, 0.25) is 0 Å². The maximum absolute atomic E-state index is 12.0. The molecule has 1 amide bonds. The van der Waals surface area contributed by atoms with Gasteiger partial charge in [-0.05, 0) is 19.1 Å². The Kier molecular flexibility index (Phi) is 3.96. The van der Waals surface area contributed by atoms with E-state index in [-0.39, 0.29) is 5.91 Å². The van der Waals surface area contributed by atoms with Gasteiger partial charge in [-0.3, -0.25) is 9.78 Å². The van der Waals surface area contributed by atoms with Crippen molar-refractivity contribution >= 4 is 11.6 Å². The van der Waals surface area contributed by atoms with E-state index in [0.717, 1.165) is 17.8 Å². The molecule has 0 aliphatic rings. The molecular weight excluding hydrogens is 230 g/mol. The van der Waals surface area contributed by atoms with Crippen molar-refractivity contribution < 1.29 is 9.21 Å². The molecule has 2 heterocycles. The Hall–Kier alpha value is -2.30. The molecule has 0 saturated carbocycles. The molecule has 5 heteroatoms. The van der Waals surface area contributed by atoms with Crippen molar-refractivity contribution in [2.75, 3.05) is 11.9 Å². The molecule has 0 saturated heterocycles. The number of carbonyl (C=O) groups is 1. The van der Waals surface area contributed by atoms with Crippen molar-refractivity contribution in [3.63, 3.8) is 0 Å². The van der Waals surface area contributed by atoms with Crippen molar-refractivity contribution in [3.05, 3.63) is 48.2 Å². The highest BCUT2D eigenvalue weighted by atomic mass is 16.3. The Balaban J connectivity index is 2.04. The summed E-state index contributed by atoms with van der Waals surface area (Å²) >= 11 is 0. The Morgan fingerprint density at radius 1 is 1.44 bits per heavy atom. The lowest BCUT2D eigenvalue weighted by atomic mass is 10.2. The summed E-state index contributed by atoms with van der Waals surface area (Å²) in [6.07, 6.45) is 6.44. The van der Waals surface area contributed by atoms with E-state index in [2.05, 4.69) is 15.6 Å². The third-order valence-electron chi connectivity index (χ3n) is 2.47. The molecule has 0 aromatic carbocycles. The van der Waals surface area contributed by atoms with Crippen LogP contribution in [-0.4, -0.2) is 17.4 Å². The van der Waals surface area contributed by atoms with Crippen LogP contribution in [0.3, 0.4) is 0 Å². The third-order valence-corrected chi connectivity index (χ3v) is 2.47. The molecule has 2 aromatic heterocycles. The first-order valence-corrected chi connectivity index (χ1v) is 5.78. The average Bonchev–Trinajstić information content (AvgIpc) is 2.90. The lowest BCUT2D eigenvalue weighted by Crippen LogP contribution is -2.23. The molecule has 0 spiro atoms. The number of furan rings is 1. The van der Waals surface area contributed by atoms with E-state index in [1.165, 1.54) is 0 Å². The largest absolute Gasteiger partial charge is 0.472 e. The number of nitrogens with one attached hydrogen (secondary N) is 2. The predicted molar refractivity (Wildman–Crippen MR) is 68.3 cm³/mol. The van der Waals surface area contributed by atoms with Crippen LogP contribution in [0.1, 0.15) is 22.8 Å². The van der Waals surface area contributed by atoms with Crippen LogP contribution in [0, 0.1) is 0 Å². The Bertz CT molecular complexity index is 509. The minimum absolute atomic E-state index is 0.130. The monoisotopic (exact) mass is 245 g/mol. The first-order chi connectivity index (χ1) is 8.81. The molecule has 0 fully saturated rings. The van der Waals surface area contributed by atoms with Gasteiger partial charge in [0.2, 0.25) is 0 Å². The summed E-state index contributed by atoms with van der Waals surface area (Å²) < 4.78 is 4.94. The molecule has 2 aromatic rings. The summed E-state index contributed by atoms with van der Waals surface area (Å²) in [5.74, 6) is -0.130. The van der Waals surface area contributed by atoms with Gasteiger partial charge in [0.15, 0.2) is 0 Å². The molecular formula is C13H15N3O2. The van der Waals surface area contributed by atoms with Crippen molar-refractivity contribution in [3.8, 4) is 0 Å². The fraction of sp³-hybridized carbons (Fsp3) is 0.231. The second-order valence-corrected chi connectivity index (χ2v) is 3.77. The van der Waals surface area contributed by atoms with E-state index in [1.807, 2.05) is 13.0 Å². The molecule has 5 nitrogen and oxygen atoms in total. The van der Waals surface area contributed by atoms with E-state index >= 15 is 0 Å². The molecule has 0 aliphatic heterocycles. The van der Waals surface area contributed by atoms with Crippen LogP contribution in [0.25, 0.3) is 0 Å². The first-order valence-electron chi connectivity index (χ1n) is 5.78. The minimum atomic E-state index is -0.130. The zero-order chi connectivity index (χ0) is 12.8. The second-order valence-electron chi connectivity index (χ2n) is 3.77. The summed E-state index contributed by atoms with van der Waals surface area (Å²) in [6, 6.07) is 3.51. The fourth-order valence-corrected chi connectivity index (χ4v) is 1.59. The molecule has 94 valence electrons. The molecule has 0 aliphatic carbocycles. The Labute approximate surface area is 105 Å². The van der Waals surface area contributed by atoms with Crippen LogP contribution in [0.5, 0.6) is 0 Å². The van der Waals surface area contributed by atoms with E-state index in [4.69, 9.17) is 4.42 Å². The molecule has 0 bridgehead atoms. The average molecular weight is 245 g/mol.